The van der Waals surface area contributed by atoms with Gasteiger partial charge in [0.25, 0.3) is 5.91 Å². The average molecular weight is 402 g/mol. The zero-order valence-electron chi connectivity index (χ0n) is 17.1. The standard InChI is InChI=1S/C21H30N4O4/c1-22-21(25-10-8-16(9-11-25)20(27)28-2)23-14-15-5-3-6-17(13-15)24-19(26)18-7-4-12-29-18/h3,5-6,13,16,18H,4,7-12,14H2,1-2H3,(H,22,23)(H,24,26). The number of piperidine rings is 1. The monoisotopic (exact) mass is 402 g/mol. The fraction of sp³-hybridized carbons (Fsp3) is 0.571. The van der Waals surface area contributed by atoms with Crippen LogP contribution in [-0.4, -0.2) is 62.7 Å². The number of ether oxygens (including phenoxy) is 2. The SMILES string of the molecule is CN=C(NCc1cccc(NC(=O)C2CCCO2)c1)N1CCC(C(=O)OC)CC1. The topological polar surface area (TPSA) is 92.3 Å². The molecule has 0 aliphatic carbocycles. The minimum atomic E-state index is -0.344. The van der Waals surface area contributed by atoms with Crippen LogP contribution in [0.4, 0.5) is 5.69 Å². The third kappa shape index (κ3) is 5.69. The van der Waals surface area contributed by atoms with E-state index < -0.39 is 0 Å². The van der Waals surface area contributed by atoms with Crippen LogP contribution in [0, 0.1) is 5.92 Å². The molecule has 158 valence electrons. The van der Waals surface area contributed by atoms with Crippen molar-refractivity contribution in [2.75, 3.05) is 39.2 Å². The van der Waals surface area contributed by atoms with Crippen molar-refractivity contribution in [1.82, 2.24) is 10.2 Å². The number of guanidine groups is 1. The summed E-state index contributed by atoms with van der Waals surface area (Å²) in [5.74, 6) is 0.562. The predicted molar refractivity (Wildman–Crippen MR) is 111 cm³/mol. The van der Waals surface area contributed by atoms with Crippen LogP contribution in [0.3, 0.4) is 0 Å². The Hall–Kier alpha value is -2.61. The molecule has 0 bridgehead atoms. The third-order valence-corrected chi connectivity index (χ3v) is 5.41. The number of likely N-dealkylation sites (tertiary alicyclic amines) is 1. The van der Waals surface area contributed by atoms with Gasteiger partial charge in [0, 0.05) is 39.0 Å². The molecule has 0 spiro atoms. The van der Waals surface area contributed by atoms with Crippen molar-refractivity contribution in [3.8, 4) is 0 Å². The minimum Gasteiger partial charge on any atom is -0.469 e. The van der Waals surface area contributed by atoms with Crippen LogP contribution in [0.2, 0.25) is 0 Å². The third-order valence-electron chi connectivity index (χ3n) is 5.41. The largest absolute Gasteiger partial charge is 0.469 e. The van der Waals surface area contributed by atoms with Crippen LogP contribution in [0.15, 0.2) is 29.3 Å². The molecule has 0 saturated carbocycles. The number of hydrogen-bond acceptors (Lipinski definition) is 5. The van der Waals surface area contributed by atoms with Gasteiger partial charge >= 0.3 is 5.97 Å². The Balaban J connectivity index is 1.51. The summed E-state index contributed by atoms with van der Waals surface area (Å²) in [5, 5.41) is 6.31. The Labute approximate surface area is 171 Å². The van der Waals surface area contributed by atoms with Crippen molar-refractivity contribution in [2.24, 2.45) is 10.9 Å². The molecule has 1 amide bonds. The maximum absolute atomic E-state index is 12.2. The number of esters is 1. The van der Waals surface area contributed by atoms with Gasteiger partial charge in [-0.1, -0.05) is 12.1 Å². The van der Waals surface area contributed by atoms with Crippen molar-refractivity contribution in [3.05, 3.63) is 29.8 Å². The summed E-state index contributed by atoms with van der Waals surface area (Å²) in [6.07, 6.45) is 2.88. The molecule has 29 heavy (non-hydrogen) atoms. The molecule has 1 atom stereocenters. The molecule has 1 unspecified atom stereocenters. The summed E-state index contributed by atoms with van der Waals surface area (Å²) in [7, 11) is 3.19. The summed E-state index contributed by atoms with van der Waals surface area (Å²) >= 11 is 0. The van der Waals surface area contributed by atoms with E-state index in [1.807, 2.05) is 24.3 Å². The average Bonchev–Trinajstić information content (AvgIpc) is 3.29. The van der Waals surface area contributed by atoms with Crippen LogP contribution in [0.5, 0.6) is 0 Å². The molecule has 8 heteroatoms. The number of amides is 1. The molecular formula is C21H30N4O4. The van der Waals surface area contributed by atoms with E-state index in [0.717, 1.165) is 56.0 Å². The Morgan fingerprint density at radius 2 is 2.07 bits per heavy atom. The minimum absolute atomic E-state index is 0.0292. The number of anilines is 1. The molecule has 2 aliphatic rings. The summed E-state index contributed by atoms with van der Waals surface area (Å²) in [4.78, 5) is 30.4. The van der Waals surface area contributed by atoms with E-state index in [1.165, 1.54) is 7.11 Å². The fourth-order valence-electron chi connectivity index (χ4n) is 3.77. The number of benzene rings is 1. The fourth-order valence-corrected chi connectivity index (χ4v) is 3.77. The second kappa shape index (κ2) is 10.2. The number of hydrogen-bond donors (Lipinski definition) is 2. The molecule has 2 N–H and O–H groups in total. The molecule has 0 radical (unpaired) electrons. The number of carbonyl (C=O) groups is 2. The molecule has 2 aliphatic heterocycles. The molecule has 2 fully saturated rings. The van der Waals surface area contributed by atoms with E-state index in [1.54, 1.807) is 7.05 Å². The lowest BCUT2D eigenvalue weighted by Crippen LogP contribution is -2.46. The van der Waals surface area contributed by atoms with E-state index in [-0.39, 0.29) is 23.9 Å². The smallest absolute Gasteiger partial charge is 0.308 e. The van der Waals surface area contributed by atoms with Crippen LogP contribution in [-0.2, 0) is 25.6 Å². The highest BCUT2D eigenvalue weighted by Gasteiger charge is 2.27. The van der Waals surface area contributed by atoms with E-state index >= 15 is 0 Å². The molecule has 1 aromatic carbocycles. The zero-order valence-corrected chi connectivity index (χ0v) is 17.1. The van der Waals surface area contributed by atoms with Crippen LogP contribution >= 0.6 is 0 Å². The summed E-state index contributed by atoms with van der Waals surface area (Å²) in [6.45, 7) is 2.76. The van der Waals surface area contributed by atoms with Gasteiger partial charge in [0.15, 0.2) is 5.96 Å². The lowest BCUT2D eigenvalue weighted by Gasteiger charge is -2.33. The van der Waals surface area contributed by atoms with Gasteiger partial charge in [-0.25, -0.2) is 0 Å². The van der Waals surface area contributed by atoms with Crippen LogP contribution in [0.25, 0.3) is 0 Å². The van der Waals surface area contributed by atoms with Crippen molar-refractivity contribution in [3.63, 3.8) is 0 Å². The van der Waals surface area contributed by atoms with Gasteiger partial charge in [-0.05, 0) is 43.4 Å². The van der Waals surface area contributed by atoms with Gasteiger partial charge in [0.1, 0.15) is 6.10 Å². The molecule has 3 rings (SSSR count). The second-order valence-corrected chi connectivity index (χ2v) is 7.38. The molecule has 8 nitrogen and oxygen atoms in total. The van der Waals surface area contributed by atoms with Crippen molar-refractivity contribution >= 4 is 23.5 Å². The summed E-state index contributed by atoms with van der Waals surface area (Å²) < 4.78 is 10.3. The van der Waals surface area contributed by atoms with E-state index in [4.69, 9.17) is 9.47 Å². The Morgan fingerprint density at radius 1 is 1.28 bits per heavy atom. The van der Waals surface area contributed by atoms with Gasteiger partial charge < -0.3 is 25.0 Å². The van der Waals surface area contributed by atoms with Gasteiger partial charge in [-0.2, -0.15) is 0 Å². The normalized spacial score (nSPS) is 20.4. The number of carbonyl (C=O) groups excluding carboxylic acids is 2. The first-order valence-corrected chi connectivity index (χ1v) is 10.2. The maximum Gasteiger partial charge on any atom is 0.308 e. The molecule has 2 heterocycles. The first-order valence-electron chi connectivity index (χ1n) is 10.2. The number of nitrogens with zero attached hydrogens (tertiary/aromatic N) is 2. The van der Waals surface area contributed by atoms with E-state index in [9.17, 15) is 9.59 Å². The molecule has 1 aromatic rings. The second-order valence-electron chi connectivity index (χ2n) is 7.38. The van der Waals surface area contributed by atoms with Gasteiger partial charge in [-0.3, -0.25) is 14.6 Å². The quantitative estimate of drug-likeness (QED) is 0.443. The van der Waals surface area contributed by atoms with E-state index in [0.29, 0.717) is 13.2 Å². The molecule has 0 aromatic heterocycles. The highest BCUT2D eigenvalue weighted by Crippen LogP contribution is 2.19. The summed E-state index contributed by atoms with van der Waals surface area (Å²) in [6, 6.07) is 7.76. The maximum atomic E-state index is 12.2. The first kappa shape index (κ1) is 21.1. The van der Waals surface area contributed by atoms with Gasteiger partial charge in [-0.15, -0.1) is 0 Å². The number of nitrogens with one attached hydrogen (secondary N) is 2. The molecular weight excluding hydrogens is 372 g/mol. The lowest BCUT2D eigenvalue weighted by molar-refractivity contribution is -0.146. The predicted octanol–water partition coefficient (Wildman–Crippen LogP) is 1.76. The van der Waals surface area contributed by atoms with Gasteiger partial charge in [0.05, 0.1) is 13.0 Å². The van der Waals surface area contributed by atoms with Crippen LogP contribution in [0.1, 0.15) is 31.2 Å². The van der Waals surface area contributed by atoms with Crippen LogP contribution < -0.4 is 10.6 Å². The highest BCUT2D eigenvalue weighted by molar-refractivity contribution is 5.94. The highest BCUT2D eigenvalue weighted by atomic mass is 16.5. The Bertz CT molecular complexity index is 738. The Morgan fingerprint density at radius 3 is 2.72 bits per heavy atom. The van der Waals surface area contributed by atoms with Gasteiger partial charge in [0.2, 0.25) is 0 Å². The number of rotatable bonds is 5. The lowest BCUT2D eigenvalue weighted by atomic mass is 9.97. The summed E-state index contributed by atoms with van der Waals surface area (Å²) in [5.41, 5.74) is 1.81. The van der Waals surface area contributed by atoms with Crippen molar-refractivity contribution in [1.29, 1.82) is 0 Å². The van der Waals surface area contributed by atoms with Crippen molar-refractivity contribution < 1.29 is 19.1 Å². The number of methoxy groups -OCH3 is 1. The molecule has 2 saturated heterocycles. The Kier molecular flexibility index (Phi) is 7.46. The van der Waals surface area contributed by atoms with Crippen molar-refractivity contribution in [2.45, 2.75) is 38.3 Å². The van der Waals surface area contributed by atoms with E-state index in [2.05, 4.69) is 20.5 Å². The zero-order chi connectivity index (χ0) is 20.6. The first-order chi connectivity index (χ1) is 14.1. The number of aliphatic imine (C=N–C) groups is 1.